The van der Waals surface area contributed by atoms with Crippen LogP contribution in [0.15, 0.2) is 66.8 Å². The summed E-state index contributed by atoms with van der Waals surface area (Å²) in [4.78, 5) is 31.3. The maximum absolute atomic E-state index is 15.5. The summed E-state index contributed by atoms with van der Waals surface area (Å²) in [6.45, 7) is 2.97. The van der Waals surface area contributed by atoms with Gasteiger partial charge in [-0.05, 0) is 42.8 Å². The number of nitrogens with zero attached hydrogens (tertiary/aromatic N) is 4. The lowest BCUT2D eigenvalue weighted by molar-refractivity contribution is -0.220. The van der Waals surface area contributed by atoms with Gasteiger partial charge in [0.25, 0.3) is 0 Å². The molecule has 0 saturated heterocycles. The number of hydrogen-bond donors (Lipinski definition) is 4. The van der Waals surface area contributed by atoms with Crippen LogP contribution in [0.25, 0.3) is 22.1 Å². The molecule has 0 radical (unpaired) electrons. The molecule has 12 nitrogen and oxygen atoms in total. The molecule has 0 saturated carbocycles. The van der Waals surface area contributed by atoms with E-state index in [4.69, 9.17) is 32.4 Å². The zero-order valence-electron chi connectivity index (χ0n) is 25.4. The molecule has 250 valence electrons. The molecule has 16 heteroatoms. The number of rotatable bonds is 16. The Morgan fingerprint density at radius 1 is 0.915 bits per heavy atom. The Kier molecular flexibility index (Phi) is 10.2. The summed E-state index contributed by atoms with van der Waals surface area (Å²) in [7, 11) is 0. The standard InChI is InChI=1S/C31H34F4N8O4/c1-3-5-7-18(4-2)15-46-10-6-11-47-24-14-20(27(37)45)13-22-25(24)43(29(39)41-22)17-31(34,35)30(32,33)16-42-23-9-8-19(26(36)44)12-21(23)40-28(42)38/h3-5,7-9,12-14H,2,6,10-11,15-17H2,1H3,(H2,36,44)(H2,37,45)(H2,38,40)(H2,39,41)/b5-3-,18-7+. The van der Waals surface area contributed by atoms with Gasteiger partial charge in [-0.1, -0.05) is 30.9 Å². The molecule has 0 unspecified atom stereocenters. The number of hydrogen-bond acceptors (Lipinski definition) is 8. The van der Waals surface area contributed by atoms with Gasteiger partial charge in [0.1, 0.15) is 11.3 Å². The maximum Gasteiger partial charge on any atom is 0.329 e. The highest BCUT2D eigenvalue weighted by Crippen LogP contribution is 2.41. The molecule has 2 amide bonds. The van der Waals surface area contributed by atoms with Crippen LogP contribution >= 0.6 is 0 Å². The van der Waals surface area contributed by atoms with Crippen LogP contribution in [0.5, 0.6) is 5.75 Å². The van der Waals surface area contributed by atoms with Gasteiger partial charge < -0.3 is 41.5 Å². The number of allylic oxidation sites excluding steroid dienone is 3. The molecule has 0 aliphatic rings. The number of nitrogens with two attached hydrogens (primary N) is 4. The Bertz CT molecular complexity index is 1880. The van der Waals surface area contributed by atoms with Crippen LogP contribution in [0.4, 0.5) is 29.5 Å². The number of benzene rings is 2. The summed E-state index contributed by atoms with van der Waals surface area (Å²) >= 11 is 0. The van der Waals surface area contributed by atoms with Crippen LogP contribution in [-0.4, -0.2) is 62.6 Å². The van der Waals surface area contributed by atoms with Crippen LogP contribution < -0.4 is 27.7 Å². The normalized spacial score (nSPS) is 12.7. The summed E-state index contributed by atoms with van der Waals surface area (Å²) in [5.41, 5.74) is 23.0. The van der Waals surface area contributed by atoms with Crippen LogP contribution in [-0.2, 0) is 17.8 Å². The minimum Gasteiger partial charge on any atom is -0.491 e. The molecule has 8 N–H and O–H groups in total. The van der Waals surface area contributed by atoms with Gasteiger partial charge in [-0.3, -0.25) is 9.59 Å². The first-order chi connectivity index (χ1) is 22.2. The lowest BCUT2D eigenvalue weighted by Gasteiger charge is -2.28. The molecule has 0 spiro atoms. The van der Waals surface area contributed by atoms with E-state index in [1.807, 2.05) is 25.2 Å². The first kappa shape index (κ1) is 34.5. The topological polar surface area (TPSA) is 192 Å². The van der Waals surface area contributed by atoms with E-state index in [0.717, 1.165) is 5.57 Å². The second kappa shape index (κ2) is 13.9. The van der Waals surface area contributed by atoms with E-state index in [0.29, 0.717) is 15.6 Å². The molecule has 0 fully saturated rings. The number of alkyl halides is 4. The fourth-order valence-electron chi connectivity index (χ4n) is 4.68. The van der Waals surface area contributed by atoms with Crippen molar-refractivity contribution in [1.82, 2.24) is 19.1 Å². The van der Waals surface area contributed by atoms with E-state index in [1.165, 1.54) is 30.3 Å². The van der Waals surface area contributed by atoms with Crippen molar-refractivity contribution in [2.24, 2.45) is 11.5 Å². The monoisotopic (exact) mass is 658 g/mol. The summed E-state index contributed by atoms with van der Waals surface area (Å²) in [5.74, 6) is -12.2. The smallest absolute Gasteiger partial charge is 0.329 e. The quantitative estimate of drug-likeness (QED) is 0.0782. The molecule has 0 bridgehead atoms. The summed E-state index contributed by atoms with van der Waals surface area (Å²) < 4.78 is 74.7. The summed E-state index contributed by atoms with van der Waals surface area (Å²) in [6, 6.07) is 6.09. The molecule has 0 aliphatic carbocycles. The van der Waals surface area contributed by atoms with Crippen molar-refractivity contribution in [1.29, 1.82) is 0 Å². The number of carbonyl (C=O) groups is 2. The molecule has 0 aliphatic heterocycles. The average Bonchev–Trinajstić information content (AvgIpc) is 3.49. The molecule has 0 atom stereocenters. The zero-order chi connectivity index (χ0) is 34.5. The maximum atomic E-state index is 15.5. The fraction of sp³-hybridized carbons (Fsp3) is 0.290. The average molecular weight is 659 g/mol. The van der Waals surface area contributed by atoms with E-state index in [-0.39, 0.29) is 58.8 Å². The minimum absolute atomic E-state index is 0.00139. The molecule has 2 aromatic heterocycles. The van der Waals surface area contributed by atoms with Crippen molar-refractivity contribution in [3.63, 3.8) is 0 Å². The molecule has 2 heterocycles. The van der Waals surface area contributed by atoms with Crippen molar-refractivity contribution in [2.75, 3.05) is 31.3 Å². The fourth-order valence-corrected chi connectivity index (χ4v) is 4.68. The van der Waals surface area contributed by atoms with Crippen LogP contribution in [0, 0.1) is 0 Å². The number of aromatic nitrogens is 4. The number of fused-ring (bicyclic) bond motifs is 2. The number of nitrogen functional groups attached to an aromatic ring is 2. The Morgan fingerprint density at radius 2 is 1.53 bits per heavy atom. The first-order valence-electron chi connectivity index (χ1n) is 14.2. The van der Waals surface area contributed by atoms with E-state index >= 15 is 17.6 Å². The van der Waals surface area contributed by atoms with E-state index < -0.39 is 48.6 Å². The van der Waals surface area contributed by atoms with Gasteiger partial charge in [-0.25, -0.2) is 9.97 Å². The van der Waals surface area contributed by atoms with E-state index in [2.05, 4.69) is 16.5 Å². The molecule has 47 heavy (non-hydrogen) atoms. The molecule has 4 aromatic rings. The van der Waals surface area contributed by atoms with Gasteiger partial charge in [0.15, 0.2) is 0 Å². The SMILES string of the molecule is C=C/C(=C\C=C/C)COCCCOc1cc(C(N)=O)cc2nc(N)n(CC(F)(F)C(F)(F)Cn3c(N)nc4cc(C(N)=O)ccc43)c12. The highest BCUT2D eigenvalue weighted by atomic mass is 19.3. The number of primary amides is 2. The Labute approximate surface area is 266 Å². The Morgan fingerprint density at radius 3 is 2.17 bits per heavy atom. The zero-order valence-corrected chi connectivity index (χ0v) is 25.4. The van der Waals surface area contributed by atoms with Crippen molar-refractivity contribution >= 4 is 45.8 Å². The first-order valence-corrected chi connectivity index (χ1v) is 14.2. The number of amides is 2. The predicted molar refractivity (Wildman–Crippen MR) is 169 cm³/mol. The Balaban J connectivity index is 1.58. The summed E-state index contributed by atoms with van der Waals surface area (Å²) in [5, 5.41) is 0. The number of carbonyl (C=O) groups excluding carboxylic acids is 2. The number of anilines is 2. The molecular formula is C31H34F4N8O4. The van der Waals surface area contributed by atoms with Crippen molar-refractivity contribution in [3.05, 3.63) is 77.9 Å². The van der Waals surface area contributed by atoms with Gasteiger partial charge in [-0.2, -0.15) is 17.6 Å². The third kappa shape index (κ3) is 7.54. The number of halogens is 4. The Hall–Kier alpha value is -5.38. The molecule has 4 rings (SSSR count). The lowest BCUT2D eigenvalue weighted by Crippen LogP contribution is -2.47. The predicted octanol–water partition coefficient (Wildman–Crippen LogP) is 4.19. The molecular weight excluding hydrogens is 624 g/mol. The van der Waals surface area contributed by atoms with E-state index in [1.54, 1.807) is 6.08 Å². The third-order valence-electron chi connectivity index (χ3n) is 7.16. The van der Waals surface area contributed by atoms with Crippen LogP contribution in [0.1, 0.15) is 34.1 Å². The second-order valence-electron chi connectivity index (χ2n) is 10.5. The van der Waals surface area contributed by atoms with Gasteiger partial charge in [0.05, 0.1) is 49.5 Å². The van der Waals surface area contributed by atoms with Crippen molar-refractivity contribution in [3.8, 4) is 5.75 Å². The van der Waals surface area contributed by atoms with Gasteiger partial charge >= 0.3 is 11.8 Å². The van der Waals surface area contributed by atoms with Crippen LogP contribution in [0.2, 0.25) is 0 Å². The van der Waals surface area contributed by atoms with Crippen molar-refractivity contribution in [2.45, 2.75) is 38.3 Å². The van der Waals surface area contributed by atoms with Gasteiger partial charge in [0.2, 0.25) is 23.7 Å². The van der Waals surface area contributed by atoms with Crippen molar-refractivity contribution < 1.29 is 36.6 Å². The third-order valence-corrected chi connectivity index (χ3v) is 7.16. The lowest BCUT2D eigenvalue weighted by atomic mass is 10.1. The summed E-state index contributed by atoms with van der Waals surface area (Å²) in [6.07, 6.45) is 7.53. The number of imidazole rings is 2. The molecule has 2 aromatic carbocycles. The second-order valence-corrected chi connectivity index (χ2v) is 10.5. The van der Waals surface area contributed by atoms with E-state index in [9.17, 15) is 9.59 Å². The van der Waals surface area contributed by atoms with Crippen LogP contribution in [0.3, 0.4) is 0 Å². The van der Waals surface area contributed by atoms with Gasteiger partial charge in [-0.15, -0.1) is 0 Å². The highest BCUT2D eigenvalue weighted by molar-refractivity contribution is 5.99. The minimum atomic E-state index is -4.72. The van der Waals surface area contributed by atoms with Gasteiger partial charge in [0, 0.05) is 17.5 Å². The number of ether oxygens (including phenoxy) is 2. The largest absolute Gasteiger partial charge is 0.491 e. The highest BCUT2D eigenvalue weighted by Gasteiger charge is 2.57.